The van der Waals surface area contributed by atoms with Crippen LogP contribution < -0.4 is 21.7 Å². The van der Waals surface area contributed by atoms with Crippen molar-refractivity contribution in [2.24, 2.45) is 5.73 Å². The van der Waals surface area contributed by atoms with Crippen LogP contribution in [0.1, 0.15) is 30.3 Å². The van der Waals surface area contributed by atoms with E-state index in [9.17, 15) is 14.7 Å². The molecule has 1 aromatic heterocycles. The molecule has 10 nitrogen and oxygen atoms in total. The van der Waals surface area contributed by atoms with Crippen LogP contribution in [0.3, 0.4) is 0 Å². The fourth-order valence-electron chi connectivity index (χ4n) is 3.32. The topological polar surface area (TPSA) is 146 Å². The lowest BCUT2D eigenvalue weighted by Crippen LogP contribution is -2.43. The Morgan fingerprint density at radius 1 is 1.23 bits per heavy atom. The van der Waals surface area contributed by atoms with Gasteiger partial charge in [0.15, 0.2) is 5.82 Å². The SMILES string of the molecule is C[C@@H](CO)Nc1cc(C(=O)NC2CCN(C)CC2)nc(-c2ccc(NC(N)=O)cc2)n1. The van der Waals surface area contributed by atoms with Gasteiger partial charge in [0.2, 0.25) is 0 Å². The summed E-state index contributed by atoms with van der Waals surface area (Å²) in [4.78, 5) is 35.1. The highest BCUT2D eigenvalue weighted by Crippen LogP contribution is 2.21. The molecular weight excluding hydrogens is 398 g/mol. The first-order valence-electron chi connectivity index (χ1n) is 10.3. The van der Waals surface area contributed by atoms with Crippen molar-refractivity contribution < 1.29 is 14.7 Å². The Bertz CT molecular complexity index is 912. The molecule has 3 amide bonds. The third kappa shape index (κ3) is 6.37. The molecule has 166 valence electrons. The molecule has 2 aromatic rings. The summed E-state index contributed by atoms with van der Waals surface area (Å²) in [6.07, 6.45) is 1.78. The largest absolute Gasteiger partial charge is 0.394 e. The number of likely N-dealkylation sites (tertiary alicyclic amines) is 1. The molecule has 0 bridgehead atoms. The zero-order valence-corrected chi connectivity index (χ0v) is 17.8. The number of anilines is 2. The Kier molecular flexibility index (Phi) is 7.37. The van der Waals surface area contributed by atoms with Crippen molar-refractivity contribution >= 4 is 23.4 Å². The summed E-state index contributed by atoms with van der Waals surface area (Å²) >= 11 is 0. The molecule has 1 saturated heterocycles. The van der Waals surface area contributed by atoms with Gasteiger partial charge < -0.3 is 31.7 Å². The van der Waals surface area contributed by atoms with Crippen molar-refractivity contribution in [1.82, 2.24) is 20.2 Å². The first-order valence-corrected chi connectivity index (χ1v) is 10.3. The van der Waals surface area contributed by atoms with Crippen LogP contribution in [0.5, 0.6) is 0 Å². The minimum atomic E-state index is -0.652. The van der Waals surface area contributed by atoms with Crippen molar-refractivity contribution in [3.8, 4) is 11.4 Å². The number of rotatable bonds is 7. The number of nitrogens with two attached hydrogens (primary N) is 1. The number of nitrogens with one attached hydrogen (secondary N) is 3. The highest BCUT2D eigenvalue weighted by atomic mass is 16.3. The summed E-state index contributed by atoms with van der Waals surface area (Å²) in [6.45, 7) is 3.60. The van der Waals surface area contributed by atoms with Gasteiger partial charge in [-0.15, -0.1) is 0 Å². The number of hydrogen-bond acceptors (Lipinski definition) is 7. The molecule has 0 unspecified atom stereocenters. The van der Waals surface area contributed by atoms with Gasteiger partial charge in [-0.1, -0.05) is 0 Å². The van der Waals surface area contributed by atoms with Crippen LogP contribution in [0, 0.1) is 0 Å². The molecule has 0 aliphatic carbocycles. The van der Waals surface area contributed by atoms with Crippen LogP contribution >= 0.6 is 0 Å². The fourth-order valence-corrected chi connectivity index (χ4v) is 3.32. The van der Waals surface area contributed by atoms with Crippen LogP contribution in [-0.4, -0.2) is 70.7 Å². The van der Waals surface area contributed by atoms with E-state index in [0.717, 1.165) is 25.9 Å². The summed E-state index contributed by atoms with van der Waals surface area (Å²) in [5.41, 5.74) is 6.60. The van der Waals surface area contributed by atoms with E-state index in [2.05, 4.69) is 37.9 Å². The van der Waals surface area contributed by atoms with Gasteiger partial charge in [0.1, 0.15) is 11.5 Å². The molecule has 10 heteroatoms. The Hall–Kier alpha value is -3.24. The lowest BCUT2D eigenvalue weighted by atomic mass is 10.1. The number of aromatic nitrogens is 2. The first kappa shape index (κ1) is 22.4. The van der Waals surface area contributed by atoms with Crippen LogP contribution in [0.4, 0.5) is 16.3 Å². The van der Waals surface area contributed by atoms with E-state index in [0.29, 0.717) is 22.9 Å². The third-order valence-corrected chi connectivity index (χ3v) is 5.09. The molecule has 2 heterocycles. The summed E-state index contributed by atoms with van der Waals surface area (Å²) < 4.78 is 0. The van der Waals surface area contributed by atoms with Gasteiger partial charge >= 0.3 is 6.03 Å². The number of aliphatic hydroxyl groups is 1. The van der Waals surface area contributed by atoms with Crippen LogP contribution in [0.2, 0.25) is 0 Å². The number of benzene rings is 1. The van der Waals surface area contributed by atoms with Gasteiger partial charge in [-0.05, 0) is 64.2 Å². The molecule has 1 fully saturated rings. The quantitative estimate of drug-likeness (QED) is 0.447. The number of aliphatic hydroxyl groups excluding tert-OH is 1. The highest BCUT2D eigenvalue weighted by molar-refractivity contribution is 5.93. The van der Waals surface area contributed by atoms with Gasteiger partial charge in [-0.3, -0.25) is 4.79 Å². The lowest BCUT2D eigenvalue weighted by molar-refractivity contribution is 0.0911. The Labute approximate surface area is 181 Å². The van der Waals surface area contributed by atoms with Crippen LogP contribution in [0.15, 0.2) is 30.3 Å². The van der Waals surface area contributed by atoms with E-state index in [1.807, 2.05) is 6.92 Å². The molecule has 31 heavy (non-hydrogen) atoms. The number of urea groups is 1. The number of amides is 3. The fraction of sp³-hybridized carbons (Fsp3) is 0.429. The minimum absolute atomic E-state index is 0.0794. The standard InChI is InChI=1S/C21H29N7O3/c1-13(12-29)23-18-11-17(20(30)24-16-7-9-28(2)10-8-16)26-19(27-18)14-3-5-15(6-4-14)25-21(22)31/h3-6,11,13,16,29H,7-10,12H2,1-2H3,(H,24,30)(H3,22,25,31)(H,23,26,27)/t13-/m0/s1. The summed E-state index contributed by atoms with van der Waals surface area (Å²) in [5, 5.41) is 18.0. The summed E-state index contributed by atoms with van der Waals surface area (Å²) in [7, 11) is 2.07. The van der Waals surface area contributed by atoms with Gasteiger partial charge in [0.05, 0.1) is 6.61 Å². The monoisotopic (exact) mass is 427 g/mol. The maximum Gasteiger partial charge on any atom is 0.316 e. The molecule has 1 aliphatic heterocycles. The molecule has 6 N–H and O–H groups in total. The van der Waals surface area contributed by atoms with E-state index >= 15 is 0 Å². The lowest BCUT2D eigenvalue weighted by Gasteiger charge is -2.29. The van der Waals surface area contributed by atoms with Crippen molar-refractivity contribution in [3.05, 3.63) is 36.0 Å². The molecule has 0 saturated carbocycles. The number of hydrogen-bond donors (Lipinski definition) is 5. The molecule has 1 aromatic carbocycles. The smallest absolute Gasteiger partial charge is 0.316 e. The molecule has 1 atom stereocenters. The second-order valence-electron chi connectivity index (χ2n) is 7.81. The minimum Gasteiger partial charge on any atom is -0.394 e. The number of primary amides is 1. The van der Waals surface area contributed by atoms with Gasteiger partial charge in [0, 0.05) is 29.4 Å². The molecule has 1 aliphatic rings. The Morgan fingerprint density at radius 3 is 2.52 bits per heavy atom. The second kappa shape index (κ2) is 10.2. The number of carbonyl (C=O) groups is 2. The van der Waals surface area contributed by atoms with E-state index in [1.54, 1.807) is 30.3 Å². The predicted octanol–water partition coefficient (Wildman–Crippen LogP) is 1.25. The number of piperidine rings is 1. The van der Waals surface area contributed by atoms with Crippen molar-refractivity contribution in [3.63, 3.8) is 0 Å². The van der Waals surface area contributed by atoms with Crippen molar-refractivity contribution in [2.75, 3.05) is 37.4 Å². The predicted molar refractivity (Wildman–Crippen MR) is 119 cm³/mol. The van der Waals surface area contributed by atoms with Crippen LogP contribution in [-0.2, 0) is 0 Å². The van der Waals surface area contributed by atoms with Crippen molar-refractivity contribution in [1.29, 1.82) is 0 Å². The van der Waals surface area contributed by atoms with Gasteiger partial charge in [-0.25, -0.2) is 14.8 Å². The summed E-state index contributed by atoms with van der Waals surface area (Å²) in [6, 6.07) is 7.63. The second-order valence-corrected chi connectivity index (χ2v) is 7.81. The number of carbonyl (C=O) groups excluding carboxylic acids is 2. The van der Waals surface area contributed by atoms with Gasteiger partial charge in [-0.2, -0.15) is 0 Å². The maximum atomic E-state index is 12.9. The van der Waals surface area contributed by atoms with Crippen LogP contribution in [0.25, 0.3) is 11.4 Å². The number of nitrogens with zero attached hydrogens (tertiary/aromatic N) is 3. The zero-order valence-electron chi connectivity index (χ0n) is 17.8. The molecule has 0 spiro atoms. The highest BCUT2D eigenvalue weighted by Gasteiger charge is 2.21. The Morgan fingerprint density at radius 2 is 1.90 bits per heavy atom. The maximum absolute atomic E-state index is 12.9. The first-order chi connectivity index (χ1) is 14.8. The zero-order chi connectivity index (χ0) is 22.4. The molecular formula is C21H29N7O3. The summed E-state index contributed by atoms with van der Waals surface area (Å²) in [5.74, 6) is 0.540. The molecule has 0 radical (unpaired) electrons. The van der Waals surface area contributed by atoms with E-state index in [-0.39, 0.29) is 30.3 Å². The third-order valence-electron chi connectivity index (χ3n) is 5.09. The normalized spacial score (nSPS) is 15.8. The average molecular weight is 428 g/mol. The Balaban J connectivity index is 1.85. The van der Waals surface area contributed by atoms with Gasteiger partial charge in [0.25, 0.3) is 5.91 Å². The van der Waals surface area contributed by atoms with E-state index in [1.165, 1.54) is 0 Å². The van der Waals surface area contributed by atoms with E-state index < -0.39 is 6.03 Å². The average Bonchev–Trinajstić information content (AvgIpc) is 2.75. The van der Waals surface area contributed by atoms with E-state index in [4.69, 9.17) is 5.73 Å². The molecule has 3 rings (SSSR count). The van der Waals surface area contributed by atoms with Crippen molar-refractivity contribution in [2.45, 2.75) is 31.8 Å².